The predicted octanol–water partition coefficient (Wildman–Crippen LogP) is 2.16. The molecule has 1 atom stereocenters. The van der Waals surface area contributed by atoms with E-state index in [4.69, 9.17) is 4.98 Å². The van der Waals surface area contributed by atoms with Crippen molar-refractivity contribution in [1.29, 1.82) is 0 Å². The normalized spacial score (nSPS) is 19.8. The summed E-state index contributed by atoms with van der Waals surface area (Å²) in [5.74, 6) is 1.89. The number of hydrogen-bond donors (Lipinski definition) is 2. The minimum Gasteiger partial charge on any atom is -0.341 e. The number of likely N-dealkylation sites (tertiary alicyclic amines) is 1. The van der Waals surface area contributed by atoms with E-state index in [-0.39, 0.29) is 23.8 Å². The number of aromatic nitrogens is 3. The van der Waals surface area contributed by atoms with E-state index in [9.17, 15) is 9.59 Å². The molecule has 0 spiro atoms. The van der Waals surface area contributed by atoms with E-state index >= 15 is 0 Å². The van der Waals surface area contributed by atoms with Crippen molar-refractivity contribution in [2.45, 2.75) is 51.5 Å². The van der Waals surface area contributed by atoms with Crippen molar-refractivity contribution in [3.8, 4) is 0 Å². The molecule has 2 aliphatic heterocycles. The molecule has 0 unspecified atom stereocenters. The lowest BCUT2D eigenvalue weighted by Gasteiger charge is -2.37. The van der Waals surface area contributed by atoms with Gasteiger partial charge in [0.15, 0.2) is 5.13 Å². The highest BCUT2D eigenvalue weighted by Crippen LogP contribution is 2.28. The highest BCUT2D eigenvalue weighted by atomic mass is 32.1. The molecule has 2 saturated heterocycles. The van der Waals surface area contributed by atoms with E-state index < -0.39 is 0 Å². The van der Waals surface area contributed by atoms with Crippen molar-refractivity contribution in [1.82, 2.24) is 30.1 Å². The third-order valence-corrected chi connectivity index (χ3v) is 7.02. The Morgan fingerprint density at radius 3 is 2.78 bits per heavy atom. The van der Waals surface area contributed by atoms with Gasteiger partial charge in [0.05, 0.1) is 0 Å². The van der Waals surface area contributed by atoms with Gasteiger partial charge in [0, 0.05) is 62.8 Å². The number of thiazole rings is 1. The van der Waals surface area contributed by atoms with E-state index in [2.05, 4.69) is 27.5 Å². The van der Waals surface area contributed by atoms with Crippen LogP contribution in [0.4, 0.5) is 10.9 Å². The van der Waals surface area contributed by atoms with Gasteiger partial charge in [0.25, 0.3) is 0 Å². The molecular weight excluding hydrogens is 426 g/mol. The standard InChI is InChI=1S/C22H31N7O2S/c1-3-4-17-13-25-22(32-17)27-19-5-8-24-20(26-19)16-6-10-28(11-7-16)21(31)18-14-29(15(2)30)12-9-23-18/h5,8,13,16,18,23H,3-4,6-7,9-12,14H2,1-2H3,(H,24,25,26,27)/t18-/m1/s1. The summed E-state index contributed by atoms with van der Waals surface area (Å²) < 4.78 is 0. The minimum absolute atomic E-state index is 0.0213. The van der Waals surface area contributed by atoms with Gasteiger partial charge in [-0.05, 0) is 25.3 Å². The first-order chi connectivity index (χ1) is 15.5. The molecule has 9 nitrogen and oxygen atoms in total. The molecule has 2 amide bonds. The fraction of sp³-hybridized carbons (Fsp3) is 0.591. The Bertz CT molecular complexity index is 942. The summed E-state index contributed by atoms with van der Waals surface area (Å²) in [7, 11) is 0. The van der Waals surface area contributed by atoms with Gasteiger partial charge in [-0.25, -0.2) is 15.0 Å². The maximum atomic E-state index is 12.9. The first kappa shape index (κ1) is 22.6. The summed E-state index contributed by atoms with van der Waals surface area (Å²) >= 11 is 1.66. The zero-order valence-electron chi connectivity index (χ0n) is 18.7. The molecule has 4 rings (SSSR count). The Morgan fingerprint density at radius 2 is 2.03 bits per heavy atom. The Morgan fingerprint density at radius 1 is 1.22 bits per heavy atom. The van der Waals surface area contributed by atoms with Crippen LogP contribution in [0.25, 0.3) is 0 Å². The largest absolute Gasteiger partial charge is 0.341 e. The summed E-state index contributed by atoms with van der Waals surface area (Å²) in [6.07, 6.45) is 7.50. The Balaban J connectivity index is 1.32. The van der Waals surface area contributed by atoms with Crippen molar-refractivity contribution in [3.63, 3.8) is 0 Å². The van der Waals surface area contributed by atoms with Gasteiger partial charge in [-0.15, -0.1) is 11.3 Å². The van der Waals surface area contributed by atoms with Crippen molar-refractivity contribution < 1.29 is 9.59 Å². The van der Waals surface area contributed by atoms with E-state index in [1.807, 2.05) is 17.2 Å². The van der Waals surface area contributed by atoms with Crippen molar-refractivity contribution >= 4 is 34.1 Å². The van der Waals surface area contributed by atoms with Crippen LogP contribution in [0.3, 0.4) is 0 Å². The number of carbonyl (C=O) groups is 2. The van der Waals surface area contributed by atoms with E-state index in [0.717, 1.165) is 42.5 Å². The smallest absolute Gasteiger partial charge is 0.241 e. The molecule has 0 aromatic carbocycles. The van der Waals surface area contributed by atoms with Gasteiger partial charge in [-0.2, -0.15) is 0 Å². The van der Waals surface area contributed by atoms with Gasteiger partial charge in [-0.1, -0.05) is 13.3 Å². The second-order valence-corrected chi connectivity index (χ2v) is 9.49. The SMILES string of the molecule is CCCc1cnc(Nc2ccnc(C3CCN(C(=O)[C@H]4CN(C(C)=O)CCN4)CC3)n2)s1. The van der Waals surface area contributed by atoms with Crippen LogP contribution in [0.15, 0.2) is 18.5 Å². The third kappa shape index (κ3) is 5.42. The minimum atomic E-state index is -0.316. The molecule has 0 bridgehead atoms. The summed E-state index contributed by atoms with van der Waals surface area (Å²) in [5, 5.41) is 7.40. The Hall–Kier alpha value is -2.59. The van der Waals surface area contributed by atoms with Crippen LogP contribution in [0.1, 0.15) is 49.7 Å². The molecule has 0 aliphatic carbocycles. The summed E-state index contributed by atoms with van der Waals surface area (Å²) in [4.78, 5) is 43.2. The van der Waals surface area contributed by atoms with Gasteiger partial charge in [-0.3, -0.25) is 9.59 Å². The van der Waals surface area contributed by atoms with Crippen LogP contribution in [0.5, 0.6) is 0 Å². The molecule has 2 N–H and O–H groups in total. The number of amides is 2. The topological polar surface area (TPSA) is 103 Å². The molecule has 2 aromatic rings. The van der Waals surface area contributed by atoms with Crippen LogP contribution >= 0.6 is 11.3 Å². The molecule has 4 heterocycles. The monoisotopic (exact) mass is 457 g/mol. The quantitative estimate of drug-likeness (QED) is 0.685. The van der Waals surface area contributed by atoms with Crippen LogP contribution < -0.4 is 10.6 Å². The number of hydrogen-bond acceptors (Lipinski definition) is 8. The van der Waals surface area contributed by atoms with E-state index in [1.54, 1.807) is 29.4 Å². The average molecular weight is 458 g/mol. The number of piperidine rings is 1. The molecule has 10 heteroatoms. The molecule has 2 aliphatic rings. The van der Waals surface area contributed by atoms with Gasteiger partial charge < -0.3 is 20.4 Å². The lowest BCUT2D eigenvalue weighted by Crippen LogP contribution is -2.59. The summed E-state index contributed by atoms with van der Waals surface area (Å²) in [5.41, 5.74) is 0. The van der Waals surface area contributed by atoms with Crippen LogP contribution in [0, 0.1) is 0 Å². The number of rotatable bonds is 6. The maximum Gasteiger partial charge on any atom is 0.241 e. The number of nitrogens with zero attached hydrogens (tertiary/aromatic N) is 5. The first-order valence-electron chi connectivity index (χ1n) is 11.4. The molecule has 32 heavy (non-hydrogen) atoms. The molecule has 0 radical (unpaired) electrons. The number of piperazine rings is 1. The number of carbonyl (C=O) groups excluding carboxylic acids is 2. The highest BCUT2D eigenvalue weighted by Gasteiger charge is 2.32. The molecule has 0 saturated carbocycles. The third-order valence-electron chi connectivity index (χ3n) is 6.05. The van der Waals surface area contributed by atoms with Gasteiger partial charge in [0.1, 0.15) is 17.7 Å². The van der Waals surface area contributed by atoms with Crippen molar-refractivity contribution in [2.75, 3.05) is 38.0 Å². The van der Waals surface area contributed by atoms with E-state index in [1.165, 1.54) is 4.88 Å². The summed E-state index contributed by atoms with van der Waals surface area (Å²) in [6, 6.07) is 1.54. The molecule has 172 valence electrons. The second kappa shape index (κ2) is 10.4. The molecule has 2 fully saturated rings. The van der Waals surface area contributed by atoms with Gasteiger partial charge >= 0.3 is 0 Å². The zero-order valence-corrected chi connectivity index (χ0v) is 19.5. The molecular formula is C22H31N7O2S. The maximum absolute atomic E-state index is 12.9. The average Bonchev–Trinajstić information content (AvgIpc) is 3.26. The number of aryl methyl sites for hydroxylation is 1. The Kier molecular flexibility index (Phi) is 7.31. The second-order valence-electron chi connectivity index (χ2n) is 8.38. The van der Waals surface area contributed by atoms with Crippen molar-refractivity contribution in [3.05, 3.63) is 29.2 Å². The summed E-state index contributed by atoms with van der Waals surface area (Å²) in [6.45, 7) is 6.82. The lowest BCUT2D eigenvalue weighted by atomic mass is 9.95. The fourth-order valence-electron chi connectivity index (χ4n) is 4.26. The zero-order chi connectivity index (χ0) is 22.5. The number of nitrogens with one attached hydrogen (secondary N) is 2. The predicted molar refractivity (Wildman–Crippen MR) is 124 cm³/mol. The van der Waals surface area contributed by atoms with Crippen LogP contribution in [-0.2, 0) is 16.0 Å². The highest BCUT2D eigenvalue weighted by molar-refractivity contribution is 7.15. The fourth-order valence-corrected chi connectivity index (χ4v) is 5.18. The Labute approximate surface area is 192 Å². The van der Waals surface area contributed by atoms with Gasteiger partial charge in [0.2, 0.25) is 11.8 Å². The molecule has 2 aromatic heterocycles. The lowest BCUT2D eigenvalue weighted by molar-refractivity contribution is -0.138. The first-order valence-corrected chi connectivity index (χ1v) is 12.2. The van der Waals surface area contributed by atoms with E-state index in [0.29, 0.717) is 32.7 Å². The number of anilines is 2. The van der Waals surface area contributed by atoms with Crippen molar-refractivity contribution in [2.24, 2.45) is 0 Å². The van der Waals surface area contributed by atoms with Crippen LogP contribution in [-0.4, -0.2) is 75.3 Å². The van der Waals surface area contributed by atoms with Crippen LogP contribution in [0.2, 0.25) is 0 Å².